The third-order valence-corrected chi connectivity index (χ3v) is 3.96. The van der Waals surface area contributed by atoms with Crippen LogP contribution in [-0.2, 0) is 17.6 Å². The second-order valence-corrected chi connectivity index (χ2v) is 6.58. The lowest BCUT2D eigenvalue weighted by Crippen LogP contribution is -2.07. The first kappa shape index (κ1) is 16.4. The molecular weight excluding hydrogens is 294 g/mol. The van der Waals surface area contributed by atoms with Crippen LogP contribution in [0.4, 0.5) is 5.13 Å². The summed E-state index contributed by atoms with van der Waals surface area (Å²) in [6, 6.07) is 8.16. The average molecular weight is 315 g/mol. The third-order valence-electron chi connectivity index (χ3n) is 3.09. The van der Waals surface area contributed by atoms with Crippen LogP contribution in [0.2, 0.25) is 0 Å². The van der Waals surface area contributed by atoms with Crippen LogP contribution in [0.3, 0.4) is 0 Å². The lowest BCUT2D eigenvalue weighted by Gasteiger charge is -1.98. The molecule has 0 bridgehead atoms. The van der Waals surface area contributed by atoms with Gasteiger partial charge in [0.05, 0.1) is 0 Å². The van der Waals surface area contributed by atoms with Crippen LogP contribution >= 0.6 is 11.3 Å². The molecule has 1 aromatic carbocycles. The fraction of sp³-hybridized carbons (Fsp3) is 0.353. The maximum atomic E-state index is 11.9. The van der Waals surface area contributed by atoms with Gasteiger partial charge in [-0.05, 0) is 29.5 Å². The molecule has 2 rings (SSSR count). The summed E-state index contributed by atoms with van der Waals surface area (Å²) in [4.78, 5) is 11.9. The van der Waals surface area contributed by atoms with Gasteiger partial charge in [-0.2, -0.15) is 0 Å². The van der Waals surface area contributed by atoms with Gasteiger partial charge in [0.1, 0.15) is 5.01 Å². The fourth-order valence-electron chi connectivity index (χ4n) is 1.92. The van der Waals surface area contributed by atoms with Crippen molar-refractivity contribution < 1.29 is 4.79 Å². The van der Waals surface area contributed by atoms with Crippen molar-refractivity contribution in [3.8, 4) is 0 Å². The van der Waals surface area contributed by atoms with Crippen LogP contribution < -0.4 is 5.32 Å². The van der Waals surface area contributed by atoms with Crippen molar-refractivity contribution in [2.75, 3.05) is 5.32 Å². The van der Waals surface area contributed by atoms with Crippen molar-refractivity contribution >= 4 is 28.5 Å². The monoisotopic (exact) mass is 315 g/mol. The summed E-state index contributed by atoms with van der Waals surface area (Å²) in [5.74, 6) is 0.342. The molecule has 116 valence electrons. The largest absolute Gasteiger partial charge is 0.297 e. The number of rotatable bonds is 6. The molecule has 1 heterocycles. The van der Waals surface area contributed by atoms with E-state index in [9.17, 15) is 4.79 Å². The van der Waals surface area contributed by atoms with Gasteiger partial charge in [0.25, 0.3) is 0 Å². The lowest BCUT2D eigenvalue weighted by molar-refractivity contribution is -0.111. The van der Waals surface area contributed by atoms with Crippen LogP contribution in [-0.4, -0.2) is 16.1 Å². The molecule has 4 nitrogen and oxygen atoms in total. The molecule has 1 N–H and O–H groups in total. The fourth-order valence-corrected chi connectivity index (χ4v) is 2.87. The Morgan fingerprint density at radius 3 is 2.64 bits per heavy atom. The molecule has 0 aliphatic carbocycles. The first-order chi connectivity index (χ1) is 10.6. The summed E-state index contributed by atoms with van der Waals surface area (Å²) in [6.07, 6.45) is 5.21. The van der Waals surface area contributed by atoms with Gasteiger partial charge in [-0.15, -0.1) is 10.2 Å². The van der Waals surface area contributed by atoms with E-state index in [1.165, 1.54) is 23.0 Å². The average Bonchev–Trinajstić information content (AvgIpc) is 2.92. The molecule has 0 fully saturated rings. The van der Waals surface area contributed by atoms with E-state index in [1.54, 1.807) is 6.08 Å². The Bertz CT molecular complexity index is 644. The quantitative estimate of drug-likeness (QED) is 0.821. The Hall–Kier alpha value is -2.01. The summed E-state index contributed by atoms with van der Waals surface area (Å²) in [6.45, 7) is 6.38. The van der Waals surface area contributed by atoms with Gasteiger partial charge in [0, 0.05) is 12.5 Å². The zero-order valence-electron chi connectivity index (χ0n) is 13.2. The van der Waals surface area contributed by atoms with Gasteiger partial charge in [-0.25, -0.2) is 0 Å². The highest BCUT2D eigenvalue weighted by atomic mass is 32.1. The molecule has 0 radical (unpaired) electrons. The maximum Gasteiger partial charge on any atom is 0.250 e. The van der Waals surface area contributed by atoms with E-state index in [0.29, 0.717) is 11.0 Å². The maximum absolute atomic E-state index is 11.9. The summed E-state index contributed by atoms with van der Waals surface area (Å²) >= 11 is 1.43. The Morgan fingerprint density at radius 2 is 2.00 bits per heavy atom. The SMILES string of the molecule is CCc1ccc(/C=C/C(=O)Nc2nnc(CC(C)C)s2)cc1. The number of benzene rings is 1. The van der Waals surface area contributed by atoms with Crippen molar-refractivity contribution in [1.29, 1.82) is 0 Å². The number of anilines is 1. The van der Waals surface area contributed by atoms with E-state index in [4.69, 9.17) is 0 Å². The summed E-state index contributed by atoms with van der Waals surface area (Å²) < 4.78 is 0. The van der Waals surface area contributed by atoms with Crippen molar-refractivity contribution in [3.05, 3.63) is 46.5 Å². The van der Waals surface area contributed by atoms with Gasteiger partial charge in [-0.3, -0.25) is 10.1 Å². The number of hydrogen-bond acceptors (Lipinski definition) is 4. The molecule has 22 heavy (non-hydrogen) atoms. The molecule has 0 aliphatic heterocycles. The predicted octanol–water partition coefficient (Wildman–Crippen LogP) is 3.95. The zero-order chi connectivity index (χ0) is 15.9. The van der Waals surface area contributed by atoms with Gasteiger partial charge >= 0.3 is 0 Å². The Morgan fingerprint density at radius 1 is 1.27 bits per heavy atom. The van der Waals surface area contributed by atoms with Crippen molar-refractivity contribution in [1.82, 2.24) is 10.2 Å². The molecule has 0 unspecified atom stereocenters. The topological polar surface area (TPSA) is 54.9 Å². The van der Waals surface area contributed by atoms with Crippen LogP contribution in [0.1, 0.15) is 36.9 Å². The van der Waals surface area contributed by atoms with Gasteiger partial charge in [-0.1, -0.05) is 56.4 Å². The molecule has 1 aromatic heterocycles. The van der Waals surface area contributed by atoms with E-state index in [-0.39, 0.29) is 5.91 Å². The Kier molecular flexibility index (Phi) is 5.83. The highest BCUT2D eigenvalue weighted by Gasteiger charge is 2.07. The Balaban J connectivity index is 1.91. The smallest absolute Gasteiger partial charge is 0.250 e. The van der Waals surface area contributed by atoms with Gasteiger partial charge in [0.2, 0.25) is 11.0 Å². The van der Waals surface area contributed by atoms with Crippen molar-refractivity contribution in [3.63, 3.8) is 0 Å². The highest BCUT2D eigenvalue weighted by Crippen LogP contribution is 2.18. The van der Waals surface area contributed by atoms with Crippen molar-refractivity contribution in [2.45, 2.75) is 33.6 Å². The number of aromatic nitrogens is 2. The molecule has 0 spiro atoms. The zero-order valence-corrected chi connectivity index (χ0v) is 14.0. The molecule has 0 aliphatic rings. The van der Waals surface area contributed by atoms with Crippen molar-refractivity contribution in [2.24, 2.45) is 5.92 Å². The predicted molar refractivity (Wildman–Crippen MR) is 91.9 cm³/mol. The third kappa shape index (κ3) is 5.07. The minimum absolute atomic E-state index is 0.188. The summed E-state index contributed by atoms with van der Waals surface area (Å²) in [5.41, 5.74) is 2.29. The first-order valence-electron chi connectivity index (χ1n) is 7.47. The summed E-state index contributed by atoms with van der Waals surface area (Å²) in [7, 11) is 0. The molecule has 5 heteroatoms. The minimum Gasteiger partial charge on any atom is -0.297 e. The molecule has 0 saturated carbocycles. The first-order valence-corrected chi connectivity index (χ1v) is 8.29. The number of carbonyl (C=O) groups excluding carboxylic acids is 1. The number of amides is 1. The second kappa shape index (κ2) is 7.84. The Labute approximate surface area is 135 Å². The number of nitrogens with one attached hydrogen (secondary N) is 1. The lowest BCUT2D eigenvalue weighted by atomic mass is 10.1. The molecule has 2 aromatic rings. The number of carbonyl (C=O) groups is 1. The van der Waals surface area contributed by atoms with Crippen LogP contribution in [0.15, 0.2) is 30.3 Å². The van der Waals surface area contributed by atoms with Crippen LogP contribution in [0.25, 0.3) is 6.08 Å². The van der Waals surface area contributed by atoms with E-state index in [0.717, 1.165) is 23.4 Å². The van der Waals surface area contributed by atoms with Gasteiger partial charge in [0.15, 0.2) is 0 Å². The highest BCUT2D eigenvalue weighted by molar-refractivity contribution is 7.15. The standard InChI is InChI=1S/C17H21N3OS/c1-4-13-5-7-14(8-6-13)9-10-15(21)18-17-20-19-16(22-17)11-12(2)3/h5-10,12H,4,11H2,1-3H3,(H,18,20,21)/b10-9+. The van der Waals surface area contributed by atoms with E-state index in [1.807, 2.05) is 12.1 Å². The number of nitrogens with zero attached hydrogens (tertiary/aromatic N) is 2. The van der Waals surface area contributed by atoms with Crippen LogP contribution in [0, 0.1) is 5.92 Å². The normalized spacial score (nSPS) is 11.3. The molecule has 1 amide bonds. The second-order valence-electron chi connectivity index (χ2n) is 5.52. The summed E-state index contributed by atoms with van der Waals surface area (Å²) in [5, 5.41) is 12.3. The van der Waals surface area contributed by atoms with E-state index >= 15 is 0 Å². The molecule has 0 saturated heterocycles. The molecular formula is C17H21N3OS. The van der Waals surface area contributed by atoms with Crippen LogP contribution in [0.5, 0.6) is 0 Å². The van der Waals surface area contributed by atoms with E-state index < -0.39 is 0 Å². The van der Waals surface area contributed by atoms with E-state index in [2.05, 4.69) is 48.4 Å². The van der Waals surface area contributed by atoms with Gasteiger partial charge < -0.3 is 0 Å². The number of aryl methyl sites for hydroxylation is 1. The minimum atomic E-state index is -0.188. The molecule has 0 atom stereocenters. The number of hydrogen-bond donors (Lipinski definition) is 1.